The first-order chi connectivity index (χ1) is 10.3. The number of amides is 1. The molecule has 2 fully saturated rings. The average molecular weight is 325 g/mol. The van der Waals surface area contributed by atoms with Gasteiger partial charge in [0, 0.05) is 25.7 Å². The lowest BCUT2D eigenvalue weighted by atomic mass is 10.2. The number of likely N-dealkylation sites (tertiary alicyclic amines) is 1. The van der Waals surface area contributed by atoms with Crippen LogP contribution < -0.4 is 5.32 Å². The van der Waals surface area contributed by atoms with Crippen LogP contribution in [0, 0.1) is 11.8 Å². The molecule has 0 bridgehead atoms. The van der Waals surface area contributed by atoms with E-state index >= 15 is 0 Å². The minimum atomic E-state index is -0.436. The molecule has 1 aliphatic heterocycles. The Morgan fingerprint density at radius 2 is 2.05 bits per heavy atom. The summed E-state index contributed by atoms with van der Waals surface area (Å²) in [4.78, 5) is 13.8. The fourth-order valence-electron chi connectivity index (χ4n) is 2.97. The lowest BCUT2D eigenvalue weighted by Crippen LogP contribution is -2.39. The molecule has 1 aromatic rings. The van der Waals surface area contributed by atoms with E-state index in [4.69, 9.17) is 16.3 Å². The molecule has 0 aromatic carbocycles. The summed E-state index contributed by atoms with van der Waals surface area (Å²) in [5.74, 6) is 1.04. The normalized spacial score (nSPS) is 26.7. The molecule has 120 valence electrons. The highest BCUT2D eigenvalue weighted by atomic mass is 35.5. The lowest BCUT2D eigenvalue weighted by Gasteiger charge is -2.26. The average Bonchev–Trinajstić information content (AvgIpc) is 2.88. The molecule has 22 heavy (non-hydrogen) atoms. The van der Waals surface area contributed by atoms with Gasteiger partial charge in [0.25, 0.3) is 0 Å². The van der Waals surface area contributed by atoms with Gasteiger partial charge in [-0.2, -0.15) is 5.10 Å². The van der Waals surface area contributed by atoms with E-state index in [1.54, 1.807) is 11.0 Å². The van der Waals surface area contributed by atoms with E-state index in [1.165, 1.54) is 0 Å². The summed E-state index contributed by atoms with van der Waals surface area (Å²) in [5, 5.41) is 11.7. The molecule has 6 nitrogen and oxygen atoms in total. The number of halogens is 1. The Kier molecular flexibility index (Phi) is 3.99. The van der Waals surface area contributed by atoms with Crippen LogP contribution in [-0.4, -0.2) is 45.9 Å². The van der Waals surface area contributed by atoms with Gasteiger partial charge in [0.2, 0.25) is 0 Å². The van der Waals surface area contributed by atoms with Gasteiger partial charge in [-0.05, 0) is 44.7 Å². The van der Waals surface area contributed by atoms with E-state index in [0.717, 1.165) is 18.8 Å². The molecule has 1 N–H and O–H groups in total. The molecule has 0 spiro atoms. The molecule has 1 aromatic heterocycles. The van der Waals surface area contributed by atoms with E-state index in [0.29, 0.717) is 29.6 Å². The quantitative estimate of drug-likeness (QED) is 0.922. The number of rotatable bonds is 3. The van der Waals surface area contributed by atoms with Gasteiger partial charge in [-0.1, -0.05) is 11.6 Å². The number of nitrogens with zero attached hydrogens (tertiary/aromatic N) is 3. The second-order valence-electron chi connectivity index (χ2n) is 6.97. The SMILES string of the molecule is CC(C)(C)OC(=O)N1C[C@@H]2C(NCc3ccc(Cl)nn3)[C@@H]2C1. The Morgan fingerprint density at radius 1 is 1.36 bits per heavy atom. The maximum atomic E-state index is 12.0. The van der Waals surface area contributed by atoms with Gasteiger partial charge >= 0.3 is 6.09 Å². The third-order valence-electron chi connectivity index (χ3n) is 4.05. The van der Waals surface area contributed by atoms with Crippen molar-refractivity contribution in [2.24, 2.45) is 11.8 Å². The molecule has 1 unspecified atom stereocenters. The second kappa shape index (κ2) is 5.66. The van der Waals surface area contributed by atoms with Crippen molar-refractivity contribution in [3.05, 3.63) is 23.0 Å². The van der Waals surface area contributed by atoms with Crippen molar-refractivity contribution >= 4 is 17.7 Å². The summed E-state index contributed by atoms with van der Waals surface area (Å²) in [6.45, 7) is 7.87. The molecule has 7 heteroatoms. The maximum Gasteiger partial charge on any atom is 0.410 e. The number of aromatic nitrogens is 2. The summed E-state index contributed by atoms with van der Waals surface area (Å²) in [6, 6.07) is 4.06. The Morgan fingerprint density at radius 3 is 2.59 bits per heavy atom. The largest absolute Gasteiger partial charge is 0.444 e. The number of carbonyl (C=O) groups is 1. The van der Waals surface area contributed by atoms with Crippen molar-refractivity contribution in [1.29, 1.82) is 0 Å². The van der Waals surface area contributed by atoms with Crippen LogP contribution in [0.1, 0.15) is 26.5 Å². The van der Waals surface area contributed by atoms with Crippen LogP contribution >= 0.6 is 11.6 Å². The topological polar surface area (TPSA) is 67.3 Å². The van der Waals surface area contributed by atoms with Crippen molar-refractivity contribution < 1.29 is 9.53 Å². The van der Waals surface area contributed by atoms with Crippen molar-refractivity contribution in [3.8, 4) is 0 Å². The maximum absolute atomic E-state index is 12.0. The summed E-state index contributed by atoms with van der Waals surface area (Å²) in [7, 11) is 0. The van der Waals surface area contributed by atoms with Gasteiger partial charge in [-0.25, -0.2) is 4.79 Å². The van der Waals surface area contributed by atoms with Gasteiger partial charge in [0.15, 0.2) is 5.15 Å². The Labute approximate surface area is 135 Å². The highest BCUT2D eigenvalue weighted by Gasteiger charge is 2.56. The zero-order chi connectivity index (χ0) is 15.9. The molecule has 1 saturated carbocycles. The summed E-state index contributed by atoms with van der Waals surface area (Å²) in [6.07, 6.45) is -0.206. The highest BCUT2D eigenvalue weighted by molar-refractivity contribution is 6.29. The first-order valence-electron chi connectivity index (χ1n) is 7.53. The van der Waals surface area contributed by atoms with Crippen molar-refractivity contribution in [2.45, 2.75) is 39.0 Å². The zero-order valence-corrected chi connectivity index (χ0v) is 13.8. The van der Waals surface area contributed by atoms with Gasteiger partial charge in [0.05, 0.1) is 5.69 Å². The standard InChI is InChI=1S/C15H21ClN4O2/c1-15(2,3)22-14(21)20-7-10-11(8-20)13(10)17-6-9-4-5-12(16)19-18-9/h4-5,10-11,13,17H,6-8H2,1-3H3/t10-,11+,13?. The van der Waals surface area contributed by atoms with E-state index in [-0.39, 0.29) is 6.09 Å². The third-order valence-corrected chi connectivity index (χ3v) is 4.25. The minimum absolute atomic E-state index is 0.206. The van der Waals surface area contributed by atoms with Gasteiger partial charge in [-0.15, -0.1) is 5.10 Å². The first-order valence-corrected chi connectivity index (χ1v) is 7.91. The molecule has 1 saturated heterocycles. The van der Waals surface area contributed by atoms with Crippen molar-refractivity contribution in [3.63, 3.8) is 0 Å². The van der Waals surface area contributed by atoms with Gasteiger partial charge in [-0.3, -0.25) is 0 Å². The number of piperidine rings is 1. The molecule has 2 heterocycles. The van der Waals surface area contributed by atoms with Crippen molar-refractivity contribution in [2.75, 3.05) is 13.1 Å². The smallest absolute Gasteiger partial charge is 0.410 e. The fourth-order valence-corrected chi connectivity index (χ4v) is 3.07. The van der Waals surface area contributed by atoms with Crippen LogP contribution in [0.5, 0.6) is 0 Å². The number of fused-ring (bicyclic) bond motifs is 1. The summed E-state index contributed by atoms with van der Waals surface area (Å²) >= 11 is 5.71. The molecule has 1 amide bonds. The number of hydrogen-bond acceptors (Lipinski definition) is 5. The molecule has 2 aliphatic rings. The summed E-state index contributed by atoms with van der Waals surface area (Å²) < 4.78 is 5.40. The van der Waals surface area contributed by atoms with Crippen molar-refractivity contribution in [1.82, 2.24) is 20.4 Å². The molecule has 3 atom stereocenters. The van der Waals surface area contributed by atoms with Crippen LogP contribution in [0.2, 0.25) is 5.15 Å². The van der Waals surface area contributed by atoms with Crippen LogP contribution in [0.25, 0.3) is 0 Å². The predicted octanol–water partition coefficient (Wildman–Crippen LogP) is 2.08. The molecule has 3 rings (SSSR count). The predicted molar refractivity (Wildman–Crippen MR) is 82.5 cm³/mol. The summed E-state index contributed by atoms with van der Waals surface area (Å²) in [5.41, 5.74) is 0.438. The Hall–Kier alpha value is -1.40. The molecule has 1 aliphatic carbocycles. The van der Waals surface area contributed by atoms with Crippen LogP contribution in [0.3, 0.4) is 0 Å². The van der Waals surface area contributed by atoms with Crippen LogP contribution in [0.4, 0.5) is 4.79 Å². The first kappa shape index (κ1) is 15.5. The molecular formula is C15H21ClN4O2. The number of ether oxygens (including phenoxy) is 1. The monoisotopic (exact) mass is 324 g/mol. The van der Waals surface area contributed by atoms with E-state index in [2.05, 4.69) is 15.5 Å². The number of carbonyl (C=O) groups excluding carboxylic acids is 1. The van der Waals surface area contributed by atoms with Gasteiger partial charge in [0.1, 0.15) is 5.60 Å². The van der Waals surface area contributed by atoms with Crippen LogP contribution in [0.15, 0.2) is 12.1 Å². The molecular weight excluding hydrogens is 304 g/mol. The highest BCUT2D eigenvalue weighted by Crippen LogP contribution is 2.45. The third kappa shape index (κ3) is 3.50. The lowest BCUT2D eigenvalue weighted by molar-refractivity contribution is 0.0269. The second-order valence-corrected chi connectivity index (χ2v) is 7.35. The minimum Gasteiger partial charge on any atom is -0.444 e. The zero-order valence-electron chi connectivity index (χ0n) is 13.0. The number of hydrogen-bond donors (Lipinski definition) is 1. The molecule has 0 radical (unpaired) electrons. The number of nitrogens with one attached hydrogen (secondary N) is 1. The van der Waals surface area contributed by atoms with E-state index in [9.17, 15) is 4.79 Å². The van der Waals surface area contributed by atoms with E-state index < -0.39 is 5.60 Å². The Balaban J connectivity index is 1.43. The Bertz CT molecular complexity index is 546. The van der Waals surface area contributed by atoms with Crippen LogP contribution in [-0.2, 0) is 11.3 Å². The van der Waals surface area contributed by atoms with E-state index in [1.807, 2.05) is 26.8 Å². The van der Waals surface area contributed by atoms with Gasteiger partial charge < -0.3 is 15.0 Å². The fraction of sp³-hybridized carbons (Fsp3) is 0.667.